The van der Waals surface area contributed by atoms with Crippen molar-refractivity contribution in [2.24, 2.45) is 4.99 Å². The molecular weight excluding hydrogens is 506 g/mol. The van der Waals surface area contributed by atoms with E-state index < -0.39 is 40.8 Å². The first-order valence-corrected chi connectivity index (χ1v) is 12.2. The number of hydrogen-bond donors (Lipinski definition) is 1. The highest BCUT2D eigenvalue weighted by molar-refractivity contribution is 6.47. The van der Waals surface area contributed by atoms with Gasteiger partial charge < -0.3 is 19.9 Å². The maximum absolute atomic E-state index is 13.6. The number of carbonyl (C=O) groups is 3. The summed E-state index contributed by atoms with van der Waals surface area (Å²) in [4.78, 5) is 46.7. The minimum absolute atomic E-state index is 0.0585. The Labute approximate surface area is 218 Å². The van der Waals surface area contributed by atoms with Gasteiger partial charge in [-0.1, -0.05) is 23.7 Å². The van der Waals surface area contributed by atoms with Crippen LogP contribution in [-0.4, -0.2) is 64.3 Å². The van der Waals surface area contributed by atoms with Crippen LogP contribution in [0.4, 0.5) is 19.3 Å². The predicted molar refractivity (Wildman–Crippen MR) is 134 cm³/mol. The van der Waals surface area contributed by atoms with Crippen molar-refractivity contribution in [1.82, 2.24) is 9.80 Å². The summed E-state index contributed by atoms with van der Waals surface area (Å²) in [5, 5.41) is 3.00. The smallest absolute Gasteiger partial charge is 0.410 e. The third-order valence-electron chi connectivity index (χ3n) is 6.11. The van der Waals surface area contributed by atoms with Crippen molar-refractivity contribution in [3.63, 3.8) is 0 Å². The summed E-state index contributed by atoms with van der Waals surface area (Å²) in [6, 6.07) is 9.63. The summed E-state index contributed by atoms with van der Waals surface area (Å²) >= 11 is 6.00. The molecule has 8 nitrogen and oxygen atoms in total. The minimum atomic E-state index is -1.10. The summed E-state index contributed by atoms with van der Waals surface area (Å²) in [7, 11) is 0. The van der Waals surface area contributed by atoms with Crippen molar-refractivity contribution in [2.75, 3.05) is 25.0 Å². The first-order chi connectivity index (χ1) is 17.4. The van der Waals surface area contributed by atoms with Crippen molar-refractivity contribution >= 4 is 40.9 Å². The third-order valence-corrected chi connectivity index (χ3v) is 6.36. The number of aliphatic imine (C=N–C) groups is 1. The molecule has 0 radical (unpaired) electrons. The van der Waals surface area contributed by atoms with Crippen molar-refractivity contribution in [2.45, 2.75) is 44.9 Å². The fraction of sp³-hybridized carbons (Fsp3) is 0.385. The van der Waals surface area contributed by atoms with Crippen LogP contribution in [0.15, 0.2) is 47.5 Å². The van der Waals surface area contributed by atoms with Crippen molar-refractivity contribution in [3.8, 4) is 0 Å². The number of nitrogens with one attached hydrogen (secondary N) is 1. The second kappa shape index (κ2) is 10.1. The Morgan fingerprint density at radius 2 is 1.73 bits per heavy atom. The van der Waals surface area contributed by atoms with Gasteiger partial charge in [0.2, 0.25) is 5.91 Å². The van der Waals surface area contributed by atoms with Gasteiger partial charge in [-0.15, -0.1) is 0 Å². The molecule has 4 rings (SSSR count). The molecule has 1 spiro atoms. The second-order valence-corrected chi connectivity index (χ2v) is 10.4. The minimum Gasteiger partial charge on any atom is -0.444 e. The summed E-state index contributed by atoms with van der Waals surface area (Å²) in [5.41, 5.74) is -0.923. The van der Waals surface area contributed by atoms with Crippen LogP contribution in [0, 0.1) is 11.6 Å². The average molecular weight is 533 g/mol. The molecule has 37 heavy (non-hydrogen) atoms. The molecule has 1 fully saturated rings. The van der Waals surface area contributed by atoms with E-state index in [1.807, 2.05) is 0 Å². The molecule has 0 unspecified atom stereocenters. The number of rotatable bonds is 4. The molecule has 0 aromatic heterocycles. The molecule has 0 bridgehead atoms. The Kier molecular flexibility index (Phi) is 7.23. The van der Waals surface area contributed by atoms with Crippen LogP contribution in [0.1, 0.15) is 39.2 Å². The van der Waals surface area contributed by atoms with Gasteiger partial charge in [0.15, 0.2) is 11.6 Å². The SMILES string of the molecule is CC(C)(C)OC(=O)N1CCC2(CC1)N=C(c1ccc(Cl)cc1)C(=O)N2CC(=O)Nc1ccc(F)c(F)c1. The van der Waals surface area contributed by atoms with Gasteiger partial charge >= 0.3 is 6.09 Å². The van der Waals surface area contributed by atoms with Gasteiger partial charge in [0.25, 0.3) is 5.91 Å². The first-order valence-electron chi connectivity index (χ1n) is 11.8. The maximum atomic E-state index is 13.6. The van der Waals surface area contributed by atoms with E-state index in [9.17, 15) is 23.2 Å². The molecule has 2 aromatic rings. The number of nitrogens with zero attached hydrogens (tertiary/aromatic N) is 3. The summed E-state index contributed by atoms with van der Waals surface area (Å²) in [6.45, 7) is 5.50. The lowest BCUT2D eigenvalue weighted by Gasteiger charge is -2.42. The Bertz CT molecular complexity index is 1250. The summed E-state index contributed by atoms with van der Waals surface area (Å²) in [5.74, 6) is -3.19. The molecule has 2 aromatic carbocycles. The topological polar surface area (TPSA) is 91.3 Å². The van der Waals surface area contributed by atoms with Crippen LogP contribution >= 0.6 is 11.6 Å². The van der Waals surface area contributed by atoms with Gasteiger partial charge in [-0.2, -0.15) is 0 Å². The van der Waals surface area contributed by atoms with E-state index in [0.29, 0.717) is 10.6 Å². The highest BCUT2D eigenvalue weighted by Gasteiger charge is 2.50. The Balaban J connectivity index is 1.57. The third kappa shape index (κ3) is 5.90. The molecular formula is C26H27ClF2N4O4. The second-order valence-electron chi connectivity index (χ2n) is 9.99. The zero-order valence-corrected chi connectivity index (χ0v) is 21.4. The van der Waals surface area contributed by atoms with E-state index in [1.54, 1.807) is 49.9 Å². The van der Waals surface area contributed by atoms with Gasteiger partial charge in [0, 0.05) is 48.3 Å². The zero-order valence-electron chi connectivity index (χ0n) is 20.7. The van der Waals surface area contributed by atoms with Crippen molar-refractivity contribution in [1.29, 1.82) is 0 Å². The van der Waals surface area contributed by atoms with Gasteiger partial charge in [0.05, 0.1) is 0 Å². The first kappa shape index (κ1) is 26.5. The quantitative estimate of drug-likeness (QED) is 0.622. The molecule has 0 saturated carbocycles. The number of amides is 3. The van der Waals surface area contributed by atoms with Crippen molar-refractivity contribution in [3.05, 3.63) is 64.7 Å². The Hall–Kier alpha value is -3.53. The van der Waals surface area contributed by atoms with Crippen LogP contribution in [0.3, 0.4) is 0 Å². The monoisotopic (exact) mass is 532 g/mol. The number of piperidine rings is 1. The lowest BCUT2D eigenvalue weighted by atomic mass is 9.96. The molecule has 0 aliphatic carbocycles. The van der Waals surface area contributed by atoms with Crippen LogP contribution in [0.5, 0.6) is 0 Å². The molecule has 2 heterocycles. The number of halogens is 3. The number of anilines is 1. The van der Waals surface area contributed by atoms with Gasteiger partial charge in [-0.3, -0.25) is 14.6 Å². The van der Waals surface area contributed by atoms with Gasteiger partial charge in [0.1, 0.15) is 23.5 Å². The molecule has 1 N–H and O–H groups in total. The van der Waals surface area contributed by atoms with E-state index in [2.05, 4.69) is 5.32 Å². The average Bonchev–Trinajstić information content (AvgIpc) is 3.07. The van der Waals surface area contributed by atoms with Crippen LogP contribution in [0.2, 0.25) is 5.02 Å². The molecule has 11 heteroatoms. The number of carbonyl (C=O) groups excluding carboxylic acids is 3. The molecule has 1 saturated heterocycles. The molecule has 2 aliphatic heterocycles. The normalized spacial score (nSPS) is 17.1. The predicted octanol–water partition coefficient (Wildman–Crippen LogP) is 4.62. The van der Waals surface area contributed by atoms with Crippen LogP contribution in [-0.2, 0) is 14.3 Å². The fourth-order valence-corrected chi connectivity index (χ4v) is 4.45. The number of likely N-dealkylation sites (tertiary alicyclic amines) is 1. The largest absolute Gasteiger partial charge is 0.444 e. The zero-order chi connectivity index (χ0) is 27.0. The van der Waals surface area contributed by atoms with E-state index in [1.165, 1.54) is 11.0 Å². The highest BCUT2D eigenvalue weighted by Crippen LogP contribution is 2.37. The van der Waals surface area contributed by atoms with Gasteiger partial charge in [-0.25, -0.2) is 13.6 Å². The number of ether oxygens (including phenoxy) is 1. The molecule has 0 atom stereocenters. The lowest BCUT2D eigenvalue weighted by Crippen LogP contribution is -2.56. The number of benzene rings is 2. The summed E-state index contributed by atoms with van der Waals surface area (Å²) in [6.07, 6.45) is 0.109. The van der Waals surface area contributed by atoms with Gasteiger partial charge in [-0.05, 0) is 45.0 Å². The van der Waals surface area contributed by atoms with E-state index in [-0.39, 0.29) is 43.9 Å². The van der Waals surface area contributed by atoms with E-state index in [0.717, 1.165) is 12.1 Å². The molecule has 2 aliphatic rings. The lowest BCUT2D eigenvalue weighted by molar-refractivity contribution is -0.134. The van der Waals surface area contributed by atoms with Crippen LogP contribution in [0.25, 0.3) is 0 Å². The Morgan fingerprint density at radius 1 is 1.08 bits per heavy atom. The van der Waals surface area contributed by atoms with Crippen molar-refractivity contribution < 1.29 is 27.9 Å². The number of hydrogen-bond acceptors (Lipinski definition) is 5. The molecule has 3 amide bonds. The standard InChI is InChI=1S/C26H27ClF2N4O4/c1-25(2,3)37-24(36)32-12-10-26(11-13-32)31-22(16-4-6-17(27)7-5-16)23(35)33(26)15-21(34)30-18-8-9-19(28)20(29)14-18/h4-9,14H,10-13,15H2,1-3H3,(H,30,34). The van der Waals surface area contributed by atoms with Crippen LogP contribution < -0.4 is 5.32 Å². The fourth-order valence-electron chi connectivity index (χ4n) is 4.32. The Morgan fingerprint density at radius 3 is 2.32 bits per heavy atom. The maximum Gasteiger partial charge on any atom is 0.410 e. The van der Waals surface area contributed by atoms with E-state index >= 15 is 0 Å². The summed E-state index contributed by atoms with van der Waals surface area (Å²) < 4.78 is 32.3. The van der Waals surface area contributed by atoms with E-state index in [4.69, 9.17) is 21.3 Å². The highest BCUT2D eigenvalue weighted by atomic mass is 35.5. The molecule has 196 valence electrons.